The Morgan fingerprint density at radius 2 is 1.48 bits per heavy atom. The van der Waals surface area contributed by atoms with Crippen molar-refractivity contribution in [2.75, 3.05) is 14.2 Å². The Hall–Kier alpha value is -3.14. The lowest BCUT2D eigenvalue weighted by Crippen LogP contribution is -2.35. The quantitative estimate of drug-likeness (QED) is 0.175. The Bertz CT molecular complexity index is 977. The van der Waals surface area contributed by atoms with E-state index in [1.165, 1.54) is 14.2 Å². The zero-order chi connectivity index (χ0) is 23.9. The number of ether oxygens (including phenoxy) is 2. The second-order valence-corrected chi connectivity index (χ2v) is 8.69. The van der Waals surface area contributed by atoms with Gasteiger partial charge in [-0.2, -0.15) is 0 Å². The standard InChI is InChI=1S/C29H34O4/c1-5-6-7-14-21-28(22(2)19-20-23-15-10-8-11-16-23)25(24-17-12-9-13-18-24)29(28,26(30)32-3)27(31)33-4/h8-13,15-20,25H,2,5-7,14,21H2,1,3-4H3/b20-19+/t25-,28-/m0/s1. The number of hydrogen-bond donors (Lipinski definition) is 0. The molecule has 0 heterocycles. The molecule has 1 saturated carbocycles. The summed E-state index contributed by atoms with van der Waals surface area (Å²) >= 11 is 0. The second-order valence-electron chi connectivity index (χ2n) is 8.69. The number of allylic oxidation sites excluding steroid dienone is 2. The summed E-state index contributed by atoms with van der Waals surface area (Å²) in [7, 11) is 2.66. The lowest BCUT2D eigenvalue weighted by Gasteiger charge is -2.23. The molecule has 174 valence electrons. The van der Waals surface area contributed by atoms with Crippen LogP contribution in [0.1, 0.15) is 56.1 Å². The SMILES string of the molecule is C=C(/C=C/c1ccccc1)[C@@]1(CCCCCC)[C@H](c2ccccc2)C1(C(=O)OC)C(=O)OC. The highest BCUT2D eigenvalue weighted by atomic mass is 16.5. The van der Waals surface area contributed by atoms with Crippen LogP contribution >= 0.6 is 0 Å². The molecule has 0 bridgehead atoms. The third kappa shape index (κ3) is 4.27. The molecule has 2 aromatic carbocycles. The monoisotopic (exact) mass is 446 g/mol. The zero-order valence-electron chi connectivity index (χ0n) is 19.9. The topological polar surface area (TPSA) is 52.6 Å². The van der Waals surface area contributed by atoms with Crippen LogP contribution < -0.4 is 0 Å². The fraction of sp³-hybridized carbons (Fsp3) is 0.379. The van der Waals surface area contributed by atoms with Crippen molar-refractivity contribution < 1.29 is 19.1 Å². The fourth-order valence-electron chi connectivity index (χ4n) is 5.40. The molecule has 0 radical (unpaired) electrons. The van der Waals surface area contributed by atoms with Crippen molar-refractivity contribution >= 4 is 18.0 Å². The molecule has 1 aliphatic carbocycles. The highest BCUT2D eigenvalue weighted by Crippen LogP contribution is 2.80. The van der Waals surface area contributed by atoms with Crippen LogP contribution in [-0.2, 0) is 19.1 Å². The van der Waals surface area contributed by atoms with E-state index in [4.69, 9.17) is 9.47 Å². The molecule has 0 unspecified atom stereocenters. The maximum atomic E-state index is 13.4. The van der Waals surface area contributed by atoms with Crippen LogP contribution in [0.4, 0.5) is 0 Å². The summed E-state index contributed by atoms with van der Waals surface area (Å²) in [4.78, 5) is 26.8. The molecule has 4 heteroatoms. The van der Waals surface area contributed by atoms with Gasteiger partial charge in [-0.25, -0.2) is 0 Å². The number of carbonyl (C=O) groups is 2. The fourth-order valence-corrected chi connectivity index (χ4v) is 5.40. The summed E-state index contributed by atoms with van der Waals surface area (Å²) in [6, 6.07) is 19.6. The average molecular weight is 447 g/mol. The van der Waals surface area contributed by atoms with Crippen LogP contribution in [0, 0.1) is 10.8 Å². The number of methoxy groups -OCH3 is 2. The second kappa shape index (κ2) is 10.7. The summed E-state index contributed by atoms with van der Waals surface area (Å²) in [6.45, 7) is 6.57. The molecule has 4 nitrogen and oxygen atoms in total. The van der Waals surface area contributed by atoms with Crippen LogP contribution in [0.2, 0.25) is 0 Å². The van der Waals surface area contributed by atoms with Gasteiger partial charge in [0.1, 0.15) is 0 Å². The van der Waals surface area contributed by atoms with E-state index < -0.39 is 28.7 Å². The van der Waals surface area contributed by atoms with E-state index in [0.717, 1.165) is 42.4 Å². The largest absolute Gasteiger partial charge is 0.468 e. The summed E-state index contributed by atoms with van der Waals surface area (Å²) in [5.74, 6) is -1.53. The van der Waals surface area contributed by atoms with Gasteiger partial charge in [0.05, 0.1) is 14.2 Å². The van der Waals surface area contributed by atoms with E-state index in [0.29, 0.717) is 6.42 Å². The van der Waals surface area contributed by atoms with Gasteiger partial charge in [-0.1, -0.05) is 112 Å². The normalized spacial score (nSPS) is 20.9. The molecule has 1 aliphatic rings. The van der Waals surface area contributed by atoms with Gasteiger partial charge in [0.2, 0.25) is 0 Å². The van der Waals surface area contributed by atoms with Gasteiger partial charge in [0.25, 0.3) is 0 Å². The van der Waals surface area contributed by atoms with Crippen molar-refractivity contribution in [3.63, 3.8) is 0 Å². The Kier molecular flexibility index (Phi) is 7.91. The molecule has 1 fully saturated rings. The molecular weight excluding hydrogens is 412 g/mol. The third-order valence-corrected chi connectivity index (χ3v) is 6.97. The predicted octanol–water partition coefficient (Wildman–Crippen LogP) is 6.34. The molecule has 0 aliphatic heterocycles. The number of rotatable bonds is 11. The number of unbranched alkanes of at least 4 members (excludes halogenated alkanes) is 3. The first-order valence-electron chi connectivity index (χ1n) is 11.6. The van der Waals surface area contributed by atoms with E-state index in [9.17, 15) is 9.59 Å². The third-order valence-electron chi connectivity index (χ3n) is 6.97. The van der Waals surface area contributed by atoms with Crippen molar-refractivity contribution in [1.29, 1.82) is 0 Å². The lowest BCUT2D eigenvalue weighted by atomic mass is 9.81. The van der Waals surface area contributed by atoms with Crippen LogP contribution in [0.25, 0.3) is 6.08 Å². The van der Waals surface area contributed by atoms with Gasteiger partial charge in [-0.15, -0.1) is 0 Å². The van der Waals surface area contributed by atoms with Crippen LogP contribution in [0.5, 0.6) is 0 Å². The molecule has 0 aromatic heterocycles. The first-order chi connectivity index (χ1) is 16.0. The minimum atomic E-state index is -1.46. The van der Waals surface area contributed by atoms with E-state index in [2.05, 4.69) is 13.5 Å². The number of benzene rings is 2. The van der Waals surface area contributed by atoms with E-state index in [-0.39, 0.29) is 0 Å². The smallest absolute Gasteiger partial charge is 0.324 e. The summed E-state index contributed by atoms with van der Waals surface area (Å²) < 4.78 is 10.5. The van der Waals surface area contributed by atoms with E-state index >= 15 is 0 Å². The summed E-state index contributed by atoms with van der Waals surface area (Å²) in [5.41, 5.74) is 0.416. The van der Waals surface area contributed by atoms with Crippen LogP contribution in [0.15, 0.2) is 78.9 Å². The lowest BCUT2D eigenvalue weighted by molar-refractivity contribution is -0.163. The number of carbonyl (C=O) groups excluding carboxylic acids is 2. The number of hydrogen-bond acceptors (Lipinski definition) is 4. The molecule has 2 atom stereocenters. The summed E-state index contributed by atoms with van der Waals surface area (Å²) in [6.07, 6.45) is 8.67. The Morgan fingerprint density at radius 1 is 0.909 bits per heavy atom. The molecule has 0 saturated heterocycles. The van der Waals surface area contributed by atoms with Gasteiger partial charge in [-0.3, -0.25) is 9.59 Å². The average Bonchev–Trinajstić information content (AvgIpc) is 3.50. The van der Waals surface area contributed by atoms with Gasteiger partial charge in [0, 0.05) is 11.3 Å². The molecular formula is C29H34O4. The number of esters is 2. The van der Waals surface area contributed by atoms with Gasteiger partial charge in [0.15, 0.2) is 5.41 Å². The Morgan fingerprint density at radius 3 is 2.03 bits per heavy atom. The Labute approximate surface area is 197 Å². The molecule has 0 amide bonds. The van der Waals surface area contributed by atoms with Crippen molar-refractivity contribution in [2.24, 2.45) is 10.8 Å². The van der Waals surface area contributed by atoms with Gasteiger partial charge < -0.3 is 9.47 Å². The molecule has 33 heavy (non-hydrogen) atoms. The Balaban J connectivity index is 2.14. The minimum absolute atomic E-state index is 0.402. The highest BCUT2D eigenvalue weighted by molar-refractivity contribution is 6.08. The first-order valence-corrected chi connectivity index (χ1v) is 11.6. The highest BCUT2D eigenvalue weighted by Gasteiger charge is 2.86. The van der Waals surface area contributed by atoms with Gasteiger partial charge >= 0.3 is 11.9 Å². The van der Waals surface area contributed by atoms with Crippen LogP contribution in [0.3, 0.4) is 0 Å². The molecule has 0 spiro atoms. The minimum Gasteiger partial charge on any atom is -0.468 e. The van der Waals surface area contributed by atoms with Gasteiger partial charge in [-0.05, 0) is 23.1 Å². The van der Waals surface area contributed by atoms with E-state index in [1.807, 2.05) is 72.8 Å². The molecule has 3 rings (SSSR count). The van der Waals surface area contributed by atoms with E-state index in [1.54, 1.807) is 0 Å². The summed E-state index contributed by atoms with van der Waals surface area (Å²) in [5, 5.41) is 0. The molecule has 0 N–H and O–H groups in total. The predicted molar refractivity (Wildman–Crippen MR) is 131 cm³/mol. The van der Waals surface area contributed by atoms with Crippen molar-refractivity contribution in [3.05, 3.63) is 90.0 Å². The van der Waals surface area contributed by atoms with Crippen LogP contribution in [-0.4, -0.2) is 26.2 Å². The molecule has 2 aromatic rings. The van der Waals surface area contributed by atoms with Crippen molar-refractivity contribution in [3.8, 4) is 0 Å². The maximum absolute atomic E-state index is 13.4. The maximum Gasteiger partial charge on any atom is 0.324 e. The van der Waals surface area contributed by atoms with Crippen molar-refractivity contribution in [2.45, 2.75) is 44.9 Å². The van der Waals surface area contributed by atoms with Crippen molar-refractivity contribution in [1.82, 2.24) is 0 Å². The first kappa shape index (κ1) is 24.5. The zero-order valence-corrected chi connectivity index (χ0v) is 19.9.